The molecule has 1 atom stereocenters. The van der Waals surface area contributed by atoms with Gasteiger partial charge in [0.05, 0.1) is 11.1 Å². The summed E-state index contributed by atoms with van der Waals surface area (Å²) in [6, 6.07) is 7.03. The highest BCUT2D eigenvalue weighted by atomic mass is 35.5. The maximum atomic E-state index is 11.9. The Balaban J connectivity index is 2.34. The van der Waals surface area contributed by atoms with Crippen LogP contribution in [-0.4, -0.2) is 23.1 Å². The van der Waals surface area contributed by atoms with Crippen molar-refractivity contribution in [2.45, 2.75) is 30.0 Å². The summed E-state index contributed by atoms with van der Waals surface area (Å²) in [5.74, 6) is 0.208. The van der Waals surface area contributed by atoms with Gasteiger partial charge in [0.25, 0.3) is 0 Å². The van der Waals surface area contributed by atoms with E-state index >= 15 is 0 Å². The Hall–Kier alpha value is -0.390. The van der Waals surface area contributed by atoms with Gasteiger partial charge in [-0.1, -0.05) is 23.7 Å². The van der Waals surface area contributed by atoms with Crippen molar-refractivity contribution in [3.63, 3.8) is 0 Å². The molecule has 0 heterocycles. The number of benzene rings is 1. The monoisotopic (exact) mass is 284 g/mol. The summed E-state index contributed by atoms with van der Waals surface area (Å²) in [6.07, 6.45) is -6.42. The minimum absolute atomic E-state index is 0.208. The summed E-state index contributed by atoms with van der Waals surface area (Å²) in [6.45, 7) is 0. The molecule has 1 nitrogen and oxygen atoms in total. The smallest absolute Gasteiger partial charge is 0.389 e. The molecule has 0 aliphatic heterocycles. The number of hydrogen-bond donors (Lipinski definition) is 1. The third-order valence-electron chi connectivity index (χ3n) is 2.03. The van der Waals surface area contributed by atoms with Crippen LogP contribution in [0.4, 0.5) is 13.2 Å². The van der Waals surface area contributed by atoms with Crippen LogP contribution >= 0.6 is 23.4 Å². The lowest BCUT2D eigenvalue weighted by atomic mass is 10.2. The van der Waals surface area contributed by atoms with E-state index in [0.29, 0.717) is 5.02 Å². The third kappa shape index (κ3) is 6.19. The van der Waals surface area contributed by atoms with E-state index < -0.39 is 18.7 Å². The van der Waals surface area contributed by atoms with Crippen LogP contribution in [0, 0.1) is 0 Å². The Bertz CT molecular complexity index is 357. The molecule has 0 amide bonds. The Morgan fingerprint density at radius 1 is 1.29 bits per heavy atom. The van der Waals surface area contributed by atoms with Crippen LogP contribution in [0.5, 0.6) is 0 Å². The van der Waals surface area contributed by atoms with Gasteiger partial charge >= 0.3 is 6.18 Å². The number of halogens is 4. The van der Waals surface area contributed by atoms with Crippen LogP contribution < -0.4 is 0 Å². The van der Waals surface area contributed by atoms with Crippen molar-refractivity contribution >= 4 is 23.4 Å². The largest absolute Gasteiger partial charge is 0.392 e. The maximum absolute atomic E-state index is 11.9. The number of hydrogen-bond acceptors (Lipinski definition) is 2. The van der Waals surface area contributed by atoms with Gasteiger partial charge in [0.1, 0.15) is 0 Å². The minimum atomic E-state index is -4.21. The fourth-order valence-corrected chi connectivity index (χ4v) is 2.38. The van der Waals surface area contributed by atoms with Gasteiger partial charge in [-0.15, -0.1) is 11.8 Å². The molecule has 1 N–H and O–H groups in total. The molecule has 17 heavy (non-hydrogen) atoms. The van der Waals surface area contributed by atoms with Crippen molar-refractivity contribution in [3.8, 4) is 0 Å². The summed E-state index contributed by atoms with van der Waals surface area (Å²) in [7, 11) is 0. The molecule has 1 aromatic rings. The average Bonchev–Trinajstić information content (AvgIpc) is 2.24. The van der Waals surface area contributed by atoms with E-state index in [9.17, 15) is 18.3 Å². The quantitative estimate of drug-likeness (QED) is 0.820. The predicted molar refractivity (Wildman–Crippen MR) is 63.5 cm³/mol. The van der Waals surface area contributed by atoms with Gasteiger partial charge in [0.2, 0.25) is 0 Å². The molecule has 0 aromatic heterocycles. The Morgan fingerprint density at radius 3 is 2.53 bits per heavy atom. The molecule has 0 radical (unpaired) electrons. The van der Waals surface area contributed by atoms with Gasteiger partial charge in [-0.25, -0.2) is 0 Å². The second-order valence-corrected chi connectivity index (χ2v) is 5.02. The van der Waals surface area contributed by atoms with Crippen LogP contribution in [0.3, 0.4) is 0 Å². The molecule has 0 saturated carbocycles. The highest BCUT2D eigenvalue weighted by molar-refractivity contribution is 7.99. The fourth-order valence-electron chi connectivity index (χ4n) is 1.16. The van der Waals surface area contributed by atoms with E-state index in [4.69, 9.17) is 11.6 Å². The van der Waals surface area contributed by atoms with E-state index in [1.807, 2.05) is 0 Å². The first kappa shape index (κ1) is 14.7. The Kier molecular flexibility index (Phi) is 5.62. The number of aliphatic hydroxyl groups excluding tert-OH is 1. The summed E-state index contributed by atoms with van der Waals surface area (Å²) in [5, 5.41) is 9.94. The highest BCUT2D eigenvalue weighted by Gasteiger charge is 2.27. The molecule has 0 saturated heterocycles. The van der Waals surface area contributed by atoms with Crippen molar-refractivity contribution in [2.75, 3.05) is 5.75 Å². The van der Waals surface area contributed by atoms with Crippen molar-refractivity contribution < 1.29 is 18.3 Å². The molecular weight excluding hydrogens is 273 g/mol. The molecule has 0 bridgehead atoms. The standard InChI is InChI=1S/C11H12ClF3OS/c12-9-3-1-2-4-10(9)17-7-8(16)5-6-11(13,14)15/h1-4,8,16H,5-7H2. The normalized spacial score (nSPS) is 13.7. The molecule has 0 aliphatic rings. The Labute approximate surface area is 107 Å². The van der Waals surface area contributed by atoms with Gasteiger partial charge in [-0.2, -0.15) is 13.2 Å². The van der Waals surface area contributed by atoms with Gasteiger partial charge in [-0.3, -0.25) is 0 Å². The molecule has 1 aromatic carbocycles. The van der Waals surface area contributed by atoms with Crippen LogP contribution in [0.25, 0.3) is 0 Å². The molecular formula is C11H12ClF3OS. The van der Waals surface area contributed by atoms with Crippen molar-refractivity contribution in [3.05, 3.63) is 29.3 Å². The first-order valence-electron chi connectivity index (χ1n) is 5.00. The second-order valence-electron chi connectivity index (χ2n) is 3.55. The zero-order valence-electron chi connectivity index (χ0n) is 8.88. The minimum Gasteiger partial charge on any atom is -0.392 e. The number of aliphatic hydroxyl groups is 1. The molecule has 1 rings (SSSR count). The molecule has 0 aliphatic carbocycles. The van der Waals surface area contributed by atoms with E-state index in [-0.39, 0.29) is 12.2 Å². The Morgan fingerprint density at radius 2 is 1.94 bits per heavy atom. The lowest BCUT2D eigenvalue weighted by molar-refractivity contribution is -0.139. The van der Waals surface area contributed by atoms with Crippen LogP contribution in [-0.2, 0) is 0 Å². The number of alkyl halides is 3. The van der Waals surface area contributed by atoms with Gasteiger partial charge in [0.15, 0.2) is 0 Å². The highest BCUT2D eigenvalue weighted by Crippen LogP contribution is 2.28. The first-order chi connectivity index (χ1) is 7.88. The van der Waals surface area contributed by atoms with Crippen LogP contribution in [0.1, 0.15) is 12.8 Å². The summed E-state index contributed by atoms with van der Waals surface area (Å²) >= 11 is 7.13. The van der Waals surface area contributed by atoms with Gasteiger partial charge in [-0.05, 0) is 18.6 Å². The number of rotatable bonds is 5. The van der Waals surface area contributed by atoms with Gasteiger partial charge < -0.3 is 5.11 Å². The lowest BCUT2D eigenvalue weighted by Gasteiger charge is -2.12. The maximum Gasteiger partial charge on any atom is 0.389 e. The predicted octanol–water partition coefficient (Wildman–Crippen LogP) is 4.14. The molecule has 6 heteroatoms. The zero-order valence-corrected chi connectivity index (χ0v) is 10.4. The first-order valence-corrected chi connectivity index (χ1v) is 6.37. The van der Waals surface area contributed by atoms with E-state index in [1.165, 1.54) is 11.8 Å². The van der Waals surface area contributed by atoms with Crippen molar-refractivity contribution in [2.24, 2.45) is 0 Å². The van der Waals surface area contributed by atoms with Gasteiger partial charge in [0, 0.05) is 17.1 Å². The van der Waals surface area contributed by atoms with Crippen LogP contribution in [0.15, 0.2) is 29.2 Å². The fraction of sp³-hybridized carbons (Fsp3) is 0.455. The topological polar surface area (TPSA) is 20.2 Å². The summed E-state index contributed by atoms with van der Waals surface area (Å²) in [4.78, 5) is 0.764. The van der Waals surface area contributed by atoms with Crippen molar-refractivity contribution in [1.82, 2.24) is 0 Å². The molecule has 0 fully saturated rings. The SMILES string of the molecule is OC(CCC(F)(F)F)CSc1ccccc1Cl. The average molecular weight is 285 g/mol. The lowest BCUT2D eigenvalue weighted by Crippen LogP contribution is -2.16. The summed E-state index contributed by atoms with van der Waals surface area (Å²) < 4.78 is 35.7. The zero-order chi connectivity index (χ0) is 12.9. The molecule has 96 valence electrons. The van der Waals surface area contributed by atoms with Crippen LogP contribution in [0.2, 0.25) is 5.02 Å². The van der Waals surface area contributed by atoms with Crippen molar-refractivity contribution in [1.29, 1.82) is 0 Å². The third-order valence-corrected chi connectivity index (χ3v) is 3.69. The van der Waals surface area contributed by atoms with E-state index in [2.05, 4.69) is 0 Å². The molecule has 0 spiro atoms. The van der Waals surface area contributed by atoms with E-state index in [0.717, 1.165) is 4.90 Å². The number of thioether (sulfide) groups is 1. The summed E-state index contributed by atoms with van der Waals surface area (Å²) in [5.41, 5.74) is 0. The second kappa shape index (κ2) is 6.52. The molecule has 1 unspecified atom stereocenters. The van der Waals surface area contributed by atoms with E-state index in [1.54, 1.807) is 24.3 Å².